The lowest BCUT2D eigenvalue weighted by Gasteiger charge is -2.32. The van der Waals surface area contributed by atoms with Crippen molar-refractivity contribution in [2.45, 2.75) is 32.4 Å². The van der Waals surface area contributed by atoms with Crippen LogP contribution < -0.4 is 0 Å². The van der Waals surface area contributed by atoms with Gasteiger partial charge in [0.1, 0.15) is 5.69 Å². The van der Waals surface area contributed by atoms with Crippen molar-refractivity contribution in [3.05, 3.63) is 96.2 Å². The Labute approximate surface area is 188 Å². The highest BCUT2D eigenvalue weighted by molar-refractivity contribution is 5.99. The van der Waals surface area contributed by atoms with Crippen LogP contribution in [0.15, 0.2) is 79.5 Å². The van der Waals surface area contributed by atoms with Gasteiger partial charge in [0.15, 0.2) is 0 Å². The molecule has 0 N–H and O–H groups in total. The lowest BCUT2D eigenvalue weighted by atomic mass is 10.0. The number of piperidine rings is 1. The molecule has 0 aliphatic carbocycles. The lowest BCUT2D eigenvalue weighted by Crippen LogP contribution is -2.39. The lowest BCUT2D eigenvalue weighted by molar-refractivity contribution is 0.0695. The van der Waals surface area contributed by atoms with Crippen LogP contribution in [0, 0.1) is 6.92 Å². The Balaban J connectivity index is 1.41. The highest BCUT2D eigenvalue weighted by atomic mass is 16.2. The number of hydrogen-bond donors (Lipinski definition) is 0. The third-order valence-electron chi connectivity index (χ3n) is 6.20. The molecule has 0 radical (unpaired) electrons. The molecule has 6 nitrogen and oxygen atoms in total. The summed E-state index contributed by atoms with van der Waals surface area (Å²) in [5.74, 6) is 0.0592. The normalized spacial score (nSPS) is 14.6. The number of amides is 1. The van der Waals surface area contributed by atoms with Crippen LogP contribution in [-0.2, 0) is 6.54 Å². The van der Waals surface area contributed by atoms with Gasteiger partial charge in [-0.3, -0.25) is 9.48 Å². The minimum Gasteiger partial charge on any atom is -0.338 e. The highest BCUT2D eigenvalue weighted by Gasteiger charge is 2.27. The van der Waals surface area contributed by atoms with E-state index in [1.807, 2.05) is 64.8 Å². The number of aromatic nitrogens is 4. The topological polar surface area (TPSA) is 56.0 Å². The molecule has 1 fully saturated rings. The number of aryl methyl sites for hydroxylation is 1. The fourth-order valence-electron chi connectivity index (χ4n) is 4.38. The van der Waals surface area contributed by atoms with Crippen LogP contribution in [0.2, 0.25) is 0 Å². The predicted octanol–water partition coefficient (Wildman–Crippen LogP) is 4.58. The Kier molecular flexibility index (Phi) is 5.58. The quantitative estimate of drug-likeness (QED) is 0.470. The molecule has 0 unspecified atom stereocenters. The number of likely N-dealkylation sites (tertiary alicyclic amines) is 1. The van der Waals surface area contributed by atoms with Gasteiger partial charge >= 0.3 is 0 Å². The van der Waals surface area contributed by atoms with Crippen molar-refractivity contribution in [1.82, 2.24) is 24.2 Å². The van der Waals surface area contributed by atoms with E-state index in [-0.39, 0.29) is 5.91 Å². The Hall–Kier alpha value is -3.67. The summed E-state index contributed by atoms with van der Waals surface area (Å²) in [4.78, 5) is 19.7. The largest absolute Gasteiger partial charge is 0.338 e. The molecule has 0 atom stereocenters. The zero-order chi connectivity index (χ0) is 21.9. The van der Waals surface area contributed by atoms with Gasteiger partial charge in [0.05, 0.1) is 18.4 Å². The van der Waals surface area contributed by atoms with Gasteiger partial charge in [-0.25, -0.2) is 4.98 Å². The van der Waals surface area contributed by atoms with E-state index in [1.165, 1.54) is 5.56 Å². The summed E-state index contributed by atoms with van der Waals surface area (Å²) in [6.45, 7) is 4.17. The summed E-state index contributed by atoms with van der Waals surface area (Å²) in [7, 11) is 0. The van der Waals surface area contributed by atoms with Crippen LogP contribution in [0.3, 0.4) is 0 Å². The van der Waals surface area contributed by atoms with E-state index >= 15 is 0 Å². The number of nitrogens with zero attached hydrogens (tertiary/aromatic N) is 5. The van der Waals surface area contributed by atoms with Crippen molar-refractivity contribution in [3.8, 4) is 11.3 Å². The minimum absolute atomic E-state index is 0.0592. The number of imidazole rings is 1. The third kappa shape index (κ3) is 4.21. The first-order valence-electron chi connectivity index (χ1n) is 11.1. The Morgan fingerprint density at radius 2 is 1.78 bits per heavy atom. The number of hydrogen-bond acceptors (Lipinski definition) is 3. The van der Waals surface area contributed by atoms with Crippen LogP contribution in [0.5, 0.6) is 0 Å². The van der Waals surface area contributed by atoms with Crippen molar-refractivity contribution < 1.29 is 4.79 Å². The van der Waals surface area contributed by atoms with Gasteiger partial charge in [-0.1, -0.05) is 60.2 Å². The summed E-state index contributed by atoms with van der Waals surface area (Å²) < 4.78 is 4.04. The van der Waals surface area contributed by atoms with Crippen LogP contribution in [0.1, 0.15) is 40.4 Å². The fraction of sp³-hybridized carbons (Fsp3) is 0.269. The highest BCUT2D eigenvalue weighted by Crippen LogP contribution is 2.28. The van der Waals surface area contributed by atoms with Crippen molar-refractivity contribution >= 4 is 5.91 Å². The molecule has 32 heavy (non-hydrogen) atoms. The monoisotopic (exact) mass is 425 g/mol. The first kappa shape index (κ1) is 20.2. The van der Waals surface area contributed by atoms with Gasteiger partial charge in [0.25, 0.3) is 5.91 Å². The molecule has 3 heterocycles. The summed E-state index contributed by atoms with van der Waals surface area (Å²) in [6.07, 6.45) is 9.45. The second-order valence-electron chi connectivity index (χ2n) is 8.47. The van der Waals surface area contributed by atoms with Gasteiger partial charge in [0.2, 0.25) is 0 Å². The van der Waals surface area contributed by atoms with Crippen LogP contribution in [0.25, 0.3) is 11.3 Å². The summed E-state index contributed by atoms with van der Waals surface area (Å²) in [5.41, 5.74) is 4.74. The van der Waals surface area contributed by atoms with Gasteiger partial charge < -0.3 is 9.47 Å². The summed E-state index contributed by atoms with van der Waals surface area (Å²) >= 11 is 0. The first-order chi connectivity index (χ1) is 15.7. The van der Waals surface area contributed by atoms with Crippen molar-refractivity contribution in [2.75, 3.05) is 13.1 Å². The molecule has 5 rings (SSSR count). The SMILES string of the molecule is Cc1ccc(-c2nn(Cc3ccccc3)cc2C(=O)N2CCC(n3ccnc3)CC2)cc1. The Morgan fingerprint density at radius 1 is 1.03 bits per heavy atom. The second kappa shape index (κ2) is 8.83. The van der Waals surface area contributed by atoms with E-state index in [1.54, 1.807) is 0 Å². The zero-order valence-corrected chi connectivity index (χ0v) is 18.3. The molecule has 1 saturated heterocycles. The summed E-state index contributed by atoms with van der Waals surface area (Å²) in [6, 6.07) is 18.8. The number of carbonyl (C=O) groups is 1. The molecular formula is C26H27N5O. The molecule has 1 aliphatic rings. The zero-order valence-electron chi connectivity index (χ0n) is 18.3. The molecule has 0 bridgehead atoms. The van der Waals surface area contributed by atoms with E-state index in [9.17, 15) is 4.79 Å². The molecule has 2 aromatic heterocycles. The van der Waals surface area contributed by atoms with Crippen LogP contribution in [-0.4, -0.2) is 43.2 Å². The van der Waals surface area contributed by atoms with Crippen LogP contribution in [0.4, 0.5) is 0 Å². The molecule has 1 amide bonds. The average molecular weight is 426 g/mol. The van der Waals surface area contributed by atoms with Crippen molar-refractivity contribution in [1.29, 1.82) is 0 Å². The minimum atomic E-state index is 0.0592. The Morgan fingerprint density at radius 3 is 2.47 bits per heavy atom. The molecule has 0 spiro atoms. The van der Waals surface area contributed by atoms with E-state index in [0.717, 1.165) is 42.8 Å². The van der Waals surface area contributed by atoms with Gasteiger partial charge in [0, 0.05) is 43.3 Å². The molecule has 0 saturated carbocycles. The standard InChI is InChI=1S/C26H27N5O/c1-20-7-9-22(10-8-20)25-24(18-31(28-25)17-21-5-3-2-4-6-21)26(32)29-14-11-23(12-15-29)30-16-13-27-19-30/h2-10,13,16,18-19,23H,11-12,14-15,17H2,1H3. The molecule has 162 valence electrons. The molecular weight excluding hydrogens is 398 g/mol. The van der Waals surface area contributed by atoms with Crippen molar-refractivity contribution in [2.24, 2.45) is 0 Å². The predicted molar refractivity (Wildman–Crippen MR) is 124 cm³/mol. The third-order valence-corrected chi connectivity index (χ3v) is 6.20. The maximum atomic E-state index is 13.6. The Bertz CT molecular complexity index is 1170. The number of benzene rings is 2. The van der Waals surface area contributed by atoms with E-state index in [2.05, 4.69) is 40.7 Å². The van der Waals surface area contributed by atoms with E-state index in [4.69, 9.17) is 5.10 Å². The number of rotatable bonds is 5. The van der Waals surface area contributed by atoms with E-state index in [0.29, 0.717) is 18.2 Å². The fourth-order valence-corrected chi connectivity index (χ4v) is 4.38. The van der Waals surface area contributed by atoms with Gasteiger partial charge in [-0.2, -0.15) is 5.10 Å². The van der Waals surface area contributed by atoms with Crippen molar-refractivity contribution in [3.63, 3.8) is 0 Å². The van der Waals surface area contributed by atoms with Gasteiger partial charge in [-0.05, 0) is 25.3 Å². The molecule has 1 aliphatic heterocycles. The van der Waals surface area contributed by atoms with E-state index < -0.39 is 0 Å². The average Bonchev–Trinajstić information content (AvgIpc) is 3.51. The van der Waals surface area contributed by atoms with Gasteiger partial charge in [-0.15, -0.1) is 0 Å². The molecule has 2 aromatic carbocycles. The first-order valence-corrected chi connectivity index (χ1v) is 11.1. The maximum absolute atomic E-state index is 13.6. The molecule has 6 heteroatoms. The smallest absolute Gasteiger partial charge is 0.257 e. The second-order valence-corrected chi connectivity index (χ2v) is 8.47. The summed E-state index contributed by atoms with van der Waals surface area (Å²) in [5, 5.41) is 4.83. The van der Waals surface area contributed by atoms with Crippen LogP contribution >= 0.6 is 0 Å². The molecule has 4 aromatic rings. The maximum Gasteiger partial charge on any atom is 0.257 e. The number of carbonyl (C=O) groups excluding carboxylic acids is 1.